The third kappa shape index (κ3) is 5.05. The fraction of sp³-hybridized carbons (Fsp3) is 0.273. The molecule has 196 valence electrons. The molecule has 2 atom stereocenters. The maximum absolute atomic E-state index is 9.87. The number of aryl methyl sites for hydroxylation is 4. The molecule has 0 bridgehead atoms. The summed E-state index contributed by atoms with van der Waals surface area (Å²) in [6, 6.07) is 21.6. The minimum atomic E-state index is -0.339. The summed E-state index contributed by atoms with van der Waals surface area (Å²) in [6.45, 7) is 3.55. The van der Waals surface area contributed by atoms with Crippen molar-refractivity contribution in [2.45, 2.75) is 58.3 Å². The summed E-state index contributed by atoms with van der Waals surface area (Å²) in [6.07, 6.45) is 2.82. The Bertz CT molecular complexity index is 1490. The lowest BCUT2D eigenvalue weighted by atomic mass is 9.96. The third-order valence-electron chi connectivity index (χ3n) is 7.79. The molecule has 2 aliphatic carbocycles. The Hall–Kier alpha value is -3.64. The molecule has 2 unspecified atom stereocenters. The molecular formula is C33H34O5. The van der Waals surface area contributed by atoms with Crippen molar-refractivity contribution in [3.05, 3.63) is 106 Å². The van der Waals surface area contributed by atoms with Crippen LogP contribution in [-0.2, 0) is 19.4 Å². The molecule has 38 heavy (non-hydrogen) atoms. The van der Waals surface area contributed by atoms with Gasteiger partial charge in [0.15, 0.2) is 0 Å². The van der Waals surface area contributed by atoms with Crippen LogP contribution in [0.5, 0.6) is 11.5 Å². The predicted octanol–water partition coefficient (Wildman–Crippen LogP) is 6.19. The first-order valence-corrected chi connectivity index (χ1v) is 13.1. The topological polar surface area (TPSA) is 101 Å². The highest BCUT2D eigenvalue weighted by Crippen LogP contribution is 2.37. The second-order valence-electron chi connectivity index (χ2n) is 10.4. The molecule has 5 N–H and O–H groups in total. The molecule has 0 aromatic heterocycles. The molecular weight excluding hydrogens is 476 g/mol. The Morgan fingerprint density at radius 1 is 0.632 bits per heavy atom. The zero-order valence-corrected chi connectivity index (χ0v) is 21.8. The summed E-state index contributed by atoms with van der Waals surface area (Å²) < 4.78 is 0. The van der Waals surface area contributed by atoms with Gasteiger partial charge in [-0.1, -0.05) is 42.5 Å². The van der Waals surface area contributed by atoms with E-state index in [0.29, 0.717) is 11.3 Å². The van der Waals surface area contributed by atoms with Crippen LogP contribution in [0.3, 0.4) is 0 Å². The normalized spacial score (nSPS) is 17.5. The Morgan fingerprint density at radius 2 is 1.13 bits per heavy atom. The van der Waals surface area contributed by atoms with E-state index in [1.54, 1.807) is 6.07 Å². The number of benzene rings is 4. The first-order valence-electron chi connectivity index (χ1n) is 13.1. The quantitative estimate of drug-likeness (QED) is 0.226. The molecule has 0 amide bonds. The van der Waals surface area contributed by atoms with Crippen molar-refractivity contribution < 1.29 is 25.5 Å². The molecule has 0 radical (unpaired) electrons. The van der Waals surface area contributed by atoms with E-state index in [-0.39, 0.29) is 24.6 Å². The van der Waals surface area contributed by atoms with Crippen LogP contribution in [0.4, 0.5) is 0 Å². The van der Waals surface area contributed by atoms with Gasteiger partial charge < -0.3 is 25.5 Å². The summed E-state index contributed by atoms with van der Waals surface area (Å²) in [4.78, 5) is 0. The smallest absolute Gasteiger partial charge is 0.124 e. The van der Waals surface area contributed by atoms with Crippen molar-refractivity contribution >= 4 is 0 Å². The number of phenolic OH excluding ortho intramolecular Hbond substituents is 1. The summed E-state index contributed by atoms with van der Waals surface area (Å²) in [5.74, 6) is 0.489. The van der Waals surface area contributed by atoms with E-state index in [0.717, 1.165) is 70.2 Å². The van der Waals surface area contributed by atoms with Gasteiger partial charge in [0.1, 0.15) is 11.5 Å². The van der Waals surface area contributed by atoms with E-state index in [9.17, 15) is 25.5 Å². The number of aliphatic hydroxyl groups excluding tert-OH is 3. The van der Waals surface area contributed by atoms with E-state index < -0.39 is 0 Å². The highest BCUT2D eigenvalue weighted by molar-refractivity contribution is 5.69. The van der Waals surface area contributed by atoms with Crippen LogP contribution < -0.4 is 0 Å². The number of fused-ring (bicyclic) bond motifs is 2. The number of aromatic hydroxyl groups is 2. The van der Waals surface area contributed by atoms with Gasteiger partial charge in [0, 0.05) is 5.56 Å². The lowest BCUT2D eigenvalue weighted by molar-refractivity contribution is 0.179. The van der Waals surface area contributed by atoms with Gasteiger partial charge in [0.2, 0.25) is 0 Å². The molecule has 0 saturated heterocycles. The van der Waals surface area contributed by atoms with E-state index in [1.165, 1.54) is 11.1 Å². The highest BCUT2D eigenvalue weighted by atomic mass is 16.3. The Balaban J connectivity index is 0.000000156. The minimum absolute atomic E-state index is 0.160. The van der Waals surface area contributed by atoms with E-state index in [4.69, 9.17) is 0 Å². The monoisotopic (exact) mass is 510 g/mol. The van der Waals surface area contributed by atoms with Gasteiger partial charge in [-0.25, -0.2) is 0 Å². The maximum Gasteiger partial charge on any atom is 0.124 e. The van der Waals surface area contributed by atoms with Crippen LogP contribution in [0.15, 0.2) is 66.7 Å². The number of aliphatic hydroxyl groups is 3. The standard InChI is InChI=1S/C17H18O3.C16H16O2/c1-10-6-13(8-14(9-18)17(10)20)11-2-4-15-12(7-11)3-5-16(15)19;1-10-8-11(3-6-15(10)17)12-2-5-14-13(9-12)4-7-16(14)18/h2,4,6-8,16,18-20H,3,5,9H2,1H3;2-3,5-6,8-9,16-18H,4,7H2,1H3. The van der Waals surface area contributed by atoms with Crippen LogP contribution in [0.1, 0.15) is 64.0 Å². The highest BCUT2D eigenvalue weighted by Gasteiger charge is 2.21. The van der Waals surface area contributed by atoms with Gasteiger partial charge in [-0.3, -0.25) is 0 Å². The summed E-state index contributed by atoms with van der Waals surface area (Å²) >= 11 is 0. The van der Waals surface area contributed by atoms with Gasteiger partial charge >= 0.3 is 0 Å². The van der Waals surface area contributed by atoms with Crippen molar-refractivity contribution in [1.29, 1.82) is 0 Å². The Morgan fingerprint density at radius 3 is 1.68 bits per heavy atom. The van der Waals surface area contributed by atoms with E-state index in [2.05, 4.69) is 12.1 Å². The fourth-order valence-corrected chi connectivity index (χ4v) is 5.52. The number of hydrogen-bond donors (Lipinski definition) is 5. The molecule has 6 rings (SSSR count). The second kappa shape index (κ2) is 10.6. The molecule has 5 heteroatoms. The van der Waals surface area contributed by atoms with Crippen molar-refractivity contribution in [3.8, 4) is 33.8 Å². The first kappa shape index (κ1) is 26.0. The zero-order chi connectivity index (χ0) is 27.0. The lowest BCUT2D eigenvalue weighted by Gasteiger charge is -2.11. The minimum Gasteiger partial charge on any atom is -0.508 e. The summed E-state index contributed by atoms with van der Waals surface area (Å²) in [5, 5.41) is 48.4. The molecule has 4 aromatic carbocycles. The Kier molecular flexibility index (Phi) is 7.26. The SMILES string of the molecule is Cc1cc(-c2ccc3c(c2)CCC3O)cc(CO)c1O.Cc1cc(-c2ccc3c(c2)CCC3O)ccc1O. The van der Waals surface area contributed by atoms with Crippen LogP contribution in [0, 0.1) is 13.8 Å². The van der Waals surface area contributed by atoms with Gasteiger partial charge in [0.25, 0.3) is 0 Å². The molecule has 2 aliphatic rings. The van der Waals surface area contributed by atoms with E-state index >= 15 is 0 Å². The molecule has 0 aliphatic heterocycles. The average Bonchev–Trinajstić information content (AvgIpc) is 3.49. The number of rotatable bonds is 3. The molecule has 5 nitrogen and oxygen atoms in total. The molecule has 4 aromatic rings. The summed E-state index contributed by atoms with van der Waals surface area (Å²) in [5.41, 5.74) is 11.0. The summed E-state index contributed by atoms with van der Waals surface area (Å²) in [7, 11) is 0. The Labute approximate surface area is 223 Å². The van der Waals surface area contributed by atoms with Gasteiger partial charge in [-0.05, 0) is 119 Å². The van der Waals surface area contributed by atoms with E-state index in [1.807, 2.05) is 62.4 Å². The van der Waals surface area contributed by atoms with Crippen LogP contribution in [0.25, 0.3) is 22.3 Å². The molecule has 0 heterocycles. The van der Waals surface area contributed by atoms with Crippen molar-refractivity contribution in [3.63, 3.8) is 0 Å². The molecule has 0 saturated carbocycles. The number of phenols is 2. The van der Waals surface area contributed by atoms with Gasteiger partial charge in [-0.15, -0.1) is 0 Å². The number of hydrogen-bond acceptors (Lipinski definition) is 5. The zero-order valence-electron chi connectivity index (χ0n) is 21.8. The third-order valence-corrected chi connectivity index (χ3v) is 7.79. The van der Waals surface area contributed by atoms with Crippen LogP contribution >= 0.6 is 0 Å². The first-order chi connectivity index (χ1) is 18.2. The average molecular weight is 511 g/mol. The predicted molar refractivity (Wildman–Crippen MR) is 149 cm³/mol. The second-order valence-corrected chi connectivity index (χ2v) is 10.4. The fourth-order valence-electron chi connectivity index (χ4n) is 5.52. The lowest BCUT2D eigenvalue weighted by Crippen LogP contribution is -1.92. The van der Waals surface area contributed by atoms with Crippen molar-refractivity contribution in [1.82, 2.24) is 0 Å². The van der Waals surface area contributed by atoms with Crippen molar-refractivity contribution in [2.75, 3.05) is 0 Å². The molecule has 0 spiro atoms. The van der Waals surface area contributed by atoms with Crippen molar-refractivity contribution in [2.24, 2.45) is 0 Å². The van der Waals surface area contributed by atoms with Crippen LogP contribution in [-0.4, -0.2) is 25.5 Å². The van der Waals surface area contributed by atoms with Gasteiger partial charge in [-0.2, -0.15) is 0 Å². The van der Waals surface area contributed by atoms with Crippen LogP contribution in [0.2, 0.25) is 0 Å². The van der Waals surface area contributed by atoms with Gasteiger partial charge in [0.05, 0.1) is 18.8 Å². The molecule has 0 fully saturated rings. The maximum atomic E-state index is 9.87. The largest absolute Gasteiger partial charge is 0.508 e.